The van der Waals surface area contributed by atoms with E-state index in [0.29, 0.717) is 10.7 Å². The second kappa shape index (κ2) is 6.98. The van der Waals surface area contributed by atoms with Crippen molar-refractivity contribution in [3.05, 3.63) is 63.0 Å². The number of hydrogen-bond acceptors (Lipinski definition) is 4. The molecule has 1 aliphatic rings. The monoisotopic (exact) mass is 372 g/mol. The van der Waals surface area contributed by atoms with Gasteiger partial charge in [0.05, 0.1) is 18.7 Å². The number of ether oxygens (including phenoxy) is 1. The Labute approximate surface area is 157 Å². The lowest BCUT2D eigenvalue weighted by Crippen LogP contribution is -2.48. The third kappa shape index (κ3) is 3.19. The summed E-state index contributed by atoms with van der Waals surface area (Å²) in [6, 6.07) is 7.84. The van der Waals surface area contributed by atoms with Crippen LogP contribution in [0.2, 0.25) is 0 Å². The van der Waals surface area contributed by atoms with Crippen LogP contribution in [0, 0.1) is 13.8 Å². The maximum Gasteiger partial charge on any atom is 0.337 e. The normalized spacial score (nSPS) is 17.5. The van der Waals surface area contributed by atoms with E-state index in [2.05, 4.69) is 31.3 Å². The fourth-order valence-corrected chi connectivity index (χ4v) is 4.03. The number of anilines is 1. The molecule has 0 saturated carbocycles. The molecule has 3 rings (SSSR count). The third-order valence-electron chi connectivity index (χ3n) is 4.52. The molecule has 1 N–H and O–H groups in total. The van der Waals surface area contributed by atoms with Crippen molar-refractivity contribution >= 4 is 40.3 Å². The van der Waals surface area contributed by atoms with Crippen LogP contribution in [0.3, 0.4) is 0 Å². The molecule has 6 heteroatoms. The van der Waals surface area contributed by atoms with Crippen molar-refractivity contribution in [3.63, 3.8) is 0 Å². The Morgan fingerprint density at radius 3 is 2.60 bits per heavy atom. The van der Waals surface area contributed by atoms with Crippen LogP contribution in [0.25, 0.3) is 0 Å². The molecule has 25 heavy (non-hydrogen) atoms. The molecule has 0 spiro atoms. The smallest absolute Gasteiger partial charge is 0.337 e. The third-order valence-corrected chi connectivity index (χ3v) is 5.52. The number of thiocarbonyl (C=S) groups is 1. The summed E-state index contributed by atoms with van der Waals surface area (Å²) in [6.45, 7) is 6.04. The summed E-state index contributed by atoms with van der Waals surface area (Å²) in [6.07, 6.45) is 0. The number of thiophene rings is 1. The molecule has 0 saturated heterocycles. The van der Waals surface area contributed by atoms with Crippen LogP contribution in [0.4, 0.5) is 5.69 Å². The fraction of sp³-hybridized carbons (Fsp3) is 0.263. The Hall–Kier alpha value is -2.18. The number of rotatable bonds is 3. The first-order chi connectivity index (χ1) is 11.9. The van der Waals surface area contributed by atoms with Crippen molar-refractivity contribution in [1.29, 1.82) is 0 Å². The number of esters is 1. The van der Waals surface area contributed by atoms with E-state index in [1.807, 2.05) is 34.7 Å². The molecule has 1 atom stereocenters. The summed E-state index contributed by atoms with van der Waals surface area (Å²) in [5.74, 6) is -0.350. The van der Waals surface area contributed by atoms with Crippen LogP contribution in [0.5, 0.6) is 0 Å². The van der Waals surface area contributed by atoms with Gasteiger partial charge in [0.1, 0.15) is 0 Å². The van der Waals surface area contributed by atoms with E-state index in [4.69, 9.17) is 17.0 Å². The number of carbonyl (C=O) groups is 1. The van der Waals surface area contributed by atoms with Crippen molar-refractivity contribution < 1.29 is 9.53 Å². The summed E-state index contributed by atoms with van der Waals surface area (Å²) in [7, 11) is 1.40. The van der Waals surface area contributed by atoms with E-state index >= 15 is 0 Å². The number of nitrogens with one attached hydrogen (secondary N) is 1. The maximum atomic E-state index is 12.5. The fourth-order valence-electron chi connectivity index (χ4n) is 2.98. The van der Waals surface area contributed by atoms with Crippen molar-refractivity contribution in [3.8, 4) is 0 Å². The van der Waals surface area contributed by atoms with Crippen molar-refractivity contribution in [1.82, 2.24) is 5.32 Å². The first-order valence-corrected chi connectivity index (χ1v) is 9.28. The molecule has 2 heterocycles. The summed E-state index contributed by atoms with van der Waals surface area (Å²) >= 11 is 7.21. The largest absolute Gasteiger partial charge is 0.466 e. The van der Waals surface area contributed by atoms with Crippen LogP contribution < -0.4 is 10.2 Å². The van der Waals surface area contributed by atoms with Gasteiger partial charge in [0.2, 0.25) is 0 Å². The van der Waals surface area contributed by atoms with Gasteiger partial charge in [-0.3, -0.25) is 4.90 Å². The van der Waals surface area contributed by atoms with Gasteiger partial charge < -0.3 is 10.1 Å². The number of methoxy groups -OCH3 is 1. The topological polar surface area (TPSA) is 41.6 Å². The highest BCUT2D eigenvalue weighted by Gasteiger charge is 2.35. The predicted octanol–water partition coefficient (Wildman–Crippen LogP) is 4.25. The van der Waals surface area contributed by atoms with Crippen LogP contribution in [-0.2, 0) is 9.53 Å². The van der Waals surface area contributed by atoms with Crippen LogP contribution in [0.1, 0.15) is 29.7 Å². The molecule has 0 aliphatic carbocycles. The zero-order valence-electron chi connectivity index (χ0n) is 14.6. The molecule has 2 aromatic rings. The van der Waals surface area contributed by atoms with Crippen molar-refractivity contribution in [2.24, 2.45) is 0 Å². The number of carbonyl (C=O) groups excluding carboxylic acids is 1. The van der Waals surface area contributed by atoms with Crippen LogP contribution in [0.15, 0.2) is 46.3 Å². The molecule has 130 valence electrons. The van der Waals surface area contributed by atoms with E-state index in [1.54, 1.807) is 11.3 Å². The standard InChI is InChI=1S/C19H20N2O2S2/c1-11-5-6-15(9-12(11)2)21-13(3)16(18(22)23-4)17(20-19(21)24)14-7-8-25-10-14/h5-10,17H,1-4H3,(H,20,24). The van der Waals surface area contributed by atoms with Gasteiger partial charge in [-0.05, 0) is 78.6 Å². The van der Waals surface area contributed by atoms with Gasteiger partial charge in [0.25, 0.3) is 0 Å². The highest BCUT2D eigenvalue weighted by molar-refractivity contribution is 7.80. The highest BCUT2D eigenvalue weighted by Crippen LogP contribution is 2.35. The van der Waals surface area contributed by atoms with Gasteiger partial charge in [0, 0.05) is 11.4 Å². The number of allylic oxidation sites excluding steroid dienone is 1. The number of hydrogen-bond donors (Lipinski definition) is 1. The maximum absolute atomic E-state index is 12.5. The minimum Gasteiger partial charge on any atom is -0.466 e. The molecule has 1 aromatic heterocycles. The minimum absolute atomic E-state index is 0.297. The van der Waals surface area contributed by atoms with E-state index in [9.17, 15) is 4.79 Å². The van der Waals surface area contributed by atoms with Crippen LogP contribution in [-0.4, -0.2) is 18.2 Å². The molecular weight excluding hydrogens is 352 g/mol. The molecule has 4 nitrogen and oxygen atoms in total. The first-order valence-electron chi connectivity index (χ1n) is 7.93. The molecular formula is C19H20N2O2S2. The molecule has 0 bridgehead atoms. The van der Waals surface area contributed by atoms with Crippen LogP contribution >= 0.6 is 23.6 Å². The number of aryl methyl sites for hydroxylation is 2. The lowest BCUT2D eigenvalue weighted by Gasteiger charge is -2.37. The van der Waals surface area contributed by atoms with E-state index in [1.165, 1.54) is 18.2 Å². The van der Waals surface area contributed by atoms with Gasteiger partial charge in [0.15, 0.2) is 5.11 Å². The molecule has 1 aliphatic heterocycles. The quantitative estimate of drug-likeness (QED) is 0.644. The Morgan fingerprint density at radius 2 is 2.00 bits per heavy atom. The zero-order chi connectivity index (χ0) is 18.1. The van der Waals surface area contributed by atoms with Gasteiger partial charge in [-0.1, -0.05) is 6.07 Å². The Morgan fingerprint density at radius 1 is 1.24 bits per heavy atom. The number of benzene rings is 1. The Balaban J connectivity index is 2.14. The van der Waals surface area contributed by atoms with E-state index in [0.717, 1.165) is 16.9 Å². The molecule has 0 fully saturated rings. The predicted molar refractivity (Wildman–Crippen MR) is 106 cm³/mol. The van der Waals surface area contributed by atoms with Gasteiger partial charge >= 0.3 is 5.97 Å². The van der Waals surface area contributed by atoms with E-state index < -0.39 is 0 Å². The van der Waals surface area contributed by atoms with Gasteiger partial charge in [-0.25, -0.2) is 4.79 Å². The van der Waals surface area contributed by atoms with Gasteiger partial charge in [-0.15, -0.1) is 0 Å². The first kappa shape index (κ1) is 17.6. The van der Waals surface area contributed by atoms with E-state index in [-0.39, 0.29) is 12.0 Å². The van der Waals surface area contributed by atoms with Crippen molar-refractivity contribution in [2.75, 3.05) is 12.0 Å². The summed E-state index contributed by atoms with van der Waals surface area (Å²) in [4.78, 5) is 14.4. The molecule has 1 unspecified atom stereocenters. The number of nitrogens with zero attached hydrogens (tertiary/aromatic N) is 1. The zero-order valence-corrected chi connectivity index (χ0v) is 16.3. The average Bonchev–Trinajstić information content (AvgIpc) is 3.11. The average molecular weight is 373 g/mol. The minimum atomic E-state index is -0.350. The second-order valence-corrected chi connectivity index (χ2v) is 7.20. The molecule has 0 amide bonds. The summed E-state index contributed by atoms with van der Waals surface area (Å²) in [5, 5.41) is 7.88. The lowest BCUT2D eigenvalue weighted by atomic mass is 9.96. The van der Waals surface area contributed by atoms with Gasteiger partial charge in [-0.2, -0.15) is 11.3 Å². The Kier molecular flexibility index (Phi) is 4.92. The van der Waals surface area contributed by atoms with Crippen molar-refractivity contribution in [2.45, 2.75) is 26.8 Å². The highest BCUT2D eigenvalue weighted by atomic mass is 32.1. The lowest BCUT2D eigenvalue weighted by molar-refractivity contribution is -0.136. The summed E-state index contributed by atoms with van der Waals surface area (Å²) < 4.78 is 5.05. The molecule has 1 aromatic carbocycles. The second-order valence-electron chi connectivity index (χ2n) is 6.03. The molecule has 0 radical (unpaired) electrons. The SMILES string of the molecule is COC(=O)C1=C(C)N(c2ccc(C)c(C)c2)C(=S)NC1c1ccsc1. The Bertz CT molecular complexity index is 856. The summed E-state index contributed by atoms with van der Waals surface area (Å²) in [5.41, 5.74) is 5.69.